The number of rotatable bonds is 2. The van der Waals surface area contributed by atoms with Crippen LogP contribution >= 0.6 is 11.6 Å². The van der Waals surface area contributed by atoms with Crippen LogP contribution in [0.25, 0.3) is 0 Å². The van der Waals surface area contributed by atoms with Crippen molar-refractivity contribution in [1.82, 2.24) is 4.98 Å². The van der Waals surface area contributed by atoms with E-state index >= 15 is 0 Å². The standard InChI is InChI=1S/C13H11ClN2O/c1-9-6-10(8-15-7-9)16-13(17)11-4-2-3-5-12(11)14/h2-8H,1H3,(H,16,17). The highest BCUT2D eigenvalue weighted by molar-refractivity contribution is 6.34. The Morgan fingerprint density at radius 1 is 1.29 bits per heavy atom. The molecule has 0 spiro atoms. The fourth-order valence-electron chi connectivity index (χ4n) is 1.47. The Kier molecular flexibility index (Phi) is 3.40. The lowest BCUT2D eigenvalue weighted by atomic mass is 10.2. The molecule has 0 aliphatic heterocycles. The number of nitrogens with one attached hydrogen (secondary N) is 1. The molecule has 17 heavy (non-hydrogen) atoms. The Morgan fingerprint density at radius 2 is 2.06 bits per heavy atom. The Morgan fingerprint density at radius 3 is 2.76 bits per heavy atom. The molecule has 86 valence electrons. The average Bonchev–Trinajstić information content (AvgIpc) is 2.29. The quantitative estimate of drug-likeness (QED) is 0.884. The minimum atomic E-state index is -0.233. The molecule has 0 atom stereocenters. The van der Waals surface area contributed by atoms with Crippen LogP contribution in [0.5, 0.6) is 0 Å². The second kappa shape index (κ2) is 4.97. The minimum Gasteiger partial charge on any atom is -0.321 e. The van der Waals surface area contributed by atoms with E-state index in [1.165, 1.54) is 0 Å². The zero-order valence-corrected chi connectivity index (χ0v) is 10.0. The van der Waals surface area contributed by atoms with E-state index in [0.29, 0.717) is 16.3 Å². The highest BCUT2D eigenvalue weighted by Crippen LogP contribution is 2.17. The van der Waals surface area contributed by atoms with Gasteiger partial charge in [-0.2, -0.15) is 0 Å². The first-order valence-corrected chi connectivity index (χ1v) is 5.52. The molecule has 2 aromatic rings. The number of carbonyl (C=O) groups excluding carboxylic acids is 1. The van der Waals surface area contributed by atoms with E-state index in [9.17, 15) is 4.79 Å². The van der Waals surface area contributed by atoms with Gasteiger partial charge in [-0.25, -0.2) is 0 Å². The van der Waals surface area contributed by atoms with Gasteiger partial charge in [-0.3, -0.25) is 9.78 Å². The molecular formula is C13H11ClN2O. The number of hydrogen-bond acceptors (Lipinski definition) is 2. The number of anilines is 1. The monoisotopic (exact) mass is 246 g/mol. The van der Waals surface area contributed by atoms with Gasteiger partial charge in [0.15, 0.2) is 0 Å². The van der Waals surface area contributed by atoms with Gasteiger partial charge in [-0.15, -0.1) is 0 Å². The predicted octanol–water partition coefficient (Wildman–Crippen LogP) is 3.30. The van der Waals surface area contributed by atoms with Crippen molar-refractivity contribution in [3.05, 3.63) is 58.9 Å². The maximum atomic E-state index is 11.9. The number of aryl methyl sites for hydroxylation is 1. The molecule has 0 aliphatic rings. The number of hydrogen-bond donors (Lipinski definition) is 1. The number of pyridine rings is 1. The zero-order chi connectivity index (χ0) is 12.3. The van der Waals surface area contributed by atoms with Gasteiger partial charge in [0.25, 0.3) is 5.91 Å². The van der Waals surface area contributed by atoms with Crippen LogP contribution in [0.3, 0.4) is 0 Å². The van der Waals surface area contributed by atoms with Crippen molar-refractivity contribution in [3.8, 4) is 0 Å². The summed E-state index contributed by atoms with van der Waals surface area (Å²) >= 11 is 5.94. The predicted molar refractivity (Wildman–Crippen MR) is 68.4 cm³/mol. The van der Waals surface area contributed by atoms with E-state index < -0.39 is 0 Å². The Labute approximate surface area is 104 Å². The summed E-state index contributed by atoms with van der Waals surface area (Å²) in [5, 5.41) is 3.19. The second-order valence-electron chi connectivity index (χ2n) is 3.68. The van der Waals surface area contributed by atoms with Crippen LogP contribution in [-0.4, -0.2) is 10.9 Å². The molecule has 0 aliphatic carbocycles. The normalized spacial score (nSPS) is 10.0. The van der Waals surface area contributed by atoms with Gasteiger partial charge in [-0.05, 0) is 30.7 Å². The van der Waals surface area contributed by atoms with Crippen molar-refractivity contribution in [2.24, 2.45) is 0 Å². The smallest absolute Gasteiger partial charge is 0.257 e. The van der Waals surface area contributed by atoms with Gasteiger partial charge in [0.2, 0.25) is 0 Å². The van der Waals surface area contributed by atoms with Crippen molar-refractivity contribution < 1.29 is 4.79 Å². The average molecular weight is 247 g/mol. The molecule has 0 saturated carbocycles. The number of carbonyl (C=O) groups is 1. The van der Waals surface area contributed by atoms with Gasteiger partial charge in [-0.1, -0.05) is 23.7 Å². The molecular weight excluding hydrogens is 236 g/mol. The zero-order valence-electron chi connectivity index (χ0n) is 9.27. The molecule has 0 fully saturated rings. The summed E-state index contributed by atoms with van der Waals surface area (Å²) in [5.74, 6) is -0.233. The van der Waals surface area contributed by atoms with E-state index in [4.69, 9.17) is 11.6 Å². The maximum Gasteiger partial charge on any atom is 0.257 e. The minimum absolute atomic E-state index is 0.233. The van der Waals surface area contributed by atoms with Crippen LogP contribution in [0.4, 0.5) is 5.69 Å². The molecule has 1 N–H and O–H groups in total. The van der Waals surface area contributed by atoms with Crippen LogP contribution in [0.2, 0.25) is 5.02 Å². The molecule has 0 bridgehead atoms. The Hall–Kier alpha value is -1.87. The molecule has 1 amide bonds. The molecule has 0 unspecified atom stereocenters. The first-order valence-electron chi connectivity index (χ1n) is 5.14. The van der Waals surface area contributed by atoms with E-state index in [0.717, 1.165) is 5.56 Å². The highest BCUT2D eigenvalue weighted by atomic mass is 35.5. The number of halogens is 1. The lowest BCUT2D eigenvalue weighted by Crippen LogP contribution is -2.12. The van der Waals surface area contributed by atoms with E-state index in [1.54, 1.807) is 36.7 Å². The first kappa shape index (κ1) is 11.6. The Balaban J connectivity index is 2.20. The molecule has 4 heteroatoms. The van der Waals surface area contributed by atoms with E-state index in [-0.39, 0.29) is 5.91 Å². The molecule has 0 saturated heterocycles. The third kappa shape index (κ3) is 2.82. The van der Waals surface area contributed by atoms with Crippen LogP contribution in [0, 0.1) is 6.92 Å². The van der Waals surface area contributed by atoms with Gasteiger partial charge in [0.05, 0.1) is 22.5 Å². The molecule has 0 radical (unpaired) electrons. The SMILES string of the molecule is Cc1cncc(NC(=O)c2ccccc2Cl)c1. The Bertz CT molecular complexity index is 555. The van der Waals surface area contributed by atoms with Crippen molar-refractivity contribution in [1.29, 1.82) is 0 Å². The van der Waals surface area contributed by atoms with E-state index in [1.807, 2.05) is 13.0 Å². The fourth-order valence-corrected chi connectivity index (χ4v) is 1.69. The van der Waals surface area contributed by atoms with Crippen molar-refractivity contribution in [2.45, 2.75) is 6.92 Å². The van der Waals surface area contributed by atoms with Crippen molar-refractivity contribution >= 4 is 23.2 Å². The lowest BCUT2D eigenvalue weighted by molar-refractivity contribution is 0.102. The topological polar surface area (TPSA) is 42.0 Å². The lowest BCUT2D eigenvalue weighted by Gasteiger charge is -2.06. The van der Waals surface area contributed by atoms with Crippen LogP contribution in [-0.2, 0) is 0 Å². The van der Waals surface area contributed by atoms with E-state index in [2.05, 4.69) is 10.3 Å². The summed E-state index contributed by atoms with van der Waals surface area (Å²) in [7, 11) is 0. The van der Waals surface area contributed by atoms with Crippen LogP contribution < -0.4 is 5.32 Å². The summed E-state index contributed by atoms with van der Waals surface area (Å²) in [6, 6.07) is 8.77. The first-order chi connectivity index (χ1) is 8.16. The molecule has 2 rings (SSSR count). The van der Waals surface area contributed by atoms with Crippen molar-refractivity contribution in [2.75, 3.05) is 5.32 Å². The second-order valence-corrected chi connectivity index (χ2v) is 4.09. The molecule has 3 nitrogen and oxygen atoms in total. The van der Waals surface area contributed by atoms with Crippen LogP contribution in [0.1, 0.15) is 15.9 Å². The molecule has 1 heterocycles. The fraction of sp³-hybridized carbons (Fsp3) is 0.0769. The highest BCUT2D eigenvalue weighted by Gasteiger charge is 2.09. The number of nitrogens with zero attached hydrogens (tertiary/aromatic N) is 1. The summed E-state index contributed by atoms with van der Waals surface area (Å²) in [5.41, 5.74) is 2.10. The number of amides is 1. The number of aromatic nitrogens is 1. The van der Waals surface area contributed by atoms with Gasteiger partial charge in [0.1, 0.15) is 0 Å². The van der Waals surface area contributed by atoms with Crippen molar-refractivity contribution in [3.63, 3.8) is 0 Å². The molecule has 1 aromatic carbocycles. The molecule has 1 aromatic heterocycles. The van der Waals surface area contributed by atoms with Gasteiger partial charge < -0.3 is 5.32 Å². The summed E-state index contributed by atoms with van der Waals surface area (Å²) in [6.45, 7) is 1.91. The number of benzene rings is 1. The van der Waals surface area contributed by atoms with Gasteiger partial charge >= 0.3 is 0 Å². The summed E-state index contributed by atoms with van der Waals surface area (Å²) < 4.78 is 0. The summed E-state index contributed by atoms with van der Waals surface area (Å²) in [4.78, 5) is 15.9. The van der Waals surface area contributed by atoms with Gasteiger partial charge in [0, 0.05) is 6.20 Å². The largest absolute Gasteiger partial charge is 0.321 e. The summed E-state index contributed by atoms with van der Waals surface area (Å²) in [6.07, 6.45) is 3.33. The third-order valence-electron chi connectivity index (χ3n) is 2.25. The third-order valence-corrected chi connectivity index (χ3v) is 2.58. The maximum absolute atomic E-state index is 11.9. The van der Waals surface area contributed by atoms with Crippen LogP contribution in [0.15, 0.2) is 42.7 Å².